The maximum Gasteiger partial charge on any atom is 0.167 e. The van der Waals surface area contributed by atoms with Crippen LogP contribution in [0.15, 0.2) is 36.9 Å². The Morgan fingerprint density at radius 1 is 1.64 bits per heavy atom. The van der Waals surface area contributed by atoms with Gasteiger partial charge in [-0.15, -0.1) is 6.58 Å². The summed E-state index contributed by atoms with van der Waals surface area (Å²) in [6, 6.07) is 10.0. The minimum Gasteiger partial charge on any atom is -0.294 e. The molecule has 1 nitrogen and oxygen atoms in total. The molecule has 0 saturated heterocycles. The van der Waals surface area contributed by atoms with E-state index < -0.39 is 0 Å². The highest BCUT2D eigenvalue weighted by Crippen LogP contribution is 2.01. The summed E-state index contributed by atoms with van der Waals surface area (Å²) in [5, 5.41) is 0. The first kappa shape index (κ1) is 7.73. The Kier molecular flexibility index (Phi) is 2.61. The maximum atomic E-state index is 11.1. The fourth-order valence-corrected chi connectivity index (χ4v) is 0.808. The number of hydrogen-bond acceptors (Lipinski definition) is 1. The second-order valence-corrected chi connectivity index (χ2v) is 2.19. The van der Waals surface area contributed by atoms with E-state index in [1.54, 1.807) is 18.2 Å². The first-order valence-corrected chi connectivity index (χ1v) is 3.45. The first-order chi connectivity index (χ1) is 5.34. The summed E-state index contributed by atoms with van der Waals surface area (Å²) in [7, 11) is 0. The molecular weight excluding hydrogens is 136 g/mol. The highest BCUT2D eigenvalue weighted by Gasteiger charge is 2.00. The van der Waals surface area contributed by atoms with Crippen LogP contribution in [0.3, 0.4) is 0 Å². The van der Waals surface area contributed by atoms with Gasteiger partial charge in [0.25, 0.3) is 0 Å². The van der Waals surface area contributed by atoms with E-state index in [0.29, 0.717) is 12.0 Å². The van der Waals surface area contributed by atoms with Crippen LogP contribution in [0.4, 0.5) is 0 Å². The molecule has 0 saturated carbocycles. The van der Waals surface area contributed by atoms with Crippen LogP contribution in [0.2, 0.25) is 0 Å². The van der Waals surface area contributed by atoms with Crippen molar-refractivity contribution in [3.8, 4) is 0 Å². The van der Waals surface area contributed by atoms with E-state index in [-0.39, 0.29) is 5.78 Å². The largest absolute Gasteiger partial charge is 0.294 e. The molecule has 0 heterocycles. The van der Waals surface area contributed by atoms with Crippen LogP contribution < -0.4 is 0 Å². The summed E-state index contributed by atoms with van der Waals surface area (Å²) in [6.45, 7) is 3.49. The number of Topliss-reactive ketones (excluding diaryl/α,β-unsaturated/α-hetero) is 1. The Balaban J connectivity index is 2.77. The lowest BCUT2D eigenvalue weighted by Crippen LogP contribution is -1.95. The molecule has 1 aromatic carbocycles. The van der Waals surface area contributed by atoms with Gasteiger partial charge >= 0.3 is 0 Å². The number of carbonyl (C=O) groups excluding carboxylic acids is 1. The molecule has 0 fully saturated rings. The fourth-order valence-electron chi connectivity index (χ4n) is 0.808. The lowest BCUT2D eigenvalue weighted by atomic mass is 10.1. The minimum absolute atomic E-state index is 0.0700. The number of hydrogen-bond donors (Lipinski definition) is 0. The average molecular weight is 145 g/mol. The Labute approximate surface area is 66.4 Å². The normalized spacial score (nSPS) is 9.09. The van der Waals surface area contributed by atoms with Crippen LogP contribution in [0.25, 0.3) is 0 Å². The van der Waals surface area contributed by atoms with E-state index in [2.05, 4.69) is 12.6 Å². The van der Waals surface area contributed by atoms with Gasteiger partial charge in [-0.2, -0.15) is 0 Å². The summed E-state index contributed by atoms with van der Waals surface area (Å²) in [4.78, 5) is 11.1. The van der Waals surface area contributed by atoms with Crippen LogP contribution in [0.5, 0.6) is 0 Å². The van der Waals surface area contributed by atoms with Crippen molar-refractivity contribution in [3.05, 3.63) is 48.6 Å². The molecule has 0 unspecified atom stereocenters. The molecule has 55 valence electrons. The quantitative estimate of drug-likeness (QED) is 0.471. The van der Waals surface area contributed by atoms with Gasteiger partial charge in [0.1, 0.15) is 0 Å². The van der Waals surface area contributed by atoms with Crippen molar-refractivity contribution in [2.24, 2.45) is 0 Å². The van der Waals surface area contributed by atoms with E-state index in [1.807, 2.05) is 12.1 Å². The Bertz CT molecular complexity index is 249. The molecule has 0 spiro atoms. The predicted molar refractivity (Wildman–Crippen MR) is 44.4 cm³/mol. The molecule has 0 bridgehead atoms. The van der Waals surface area contributed by atoms with Gasteiger partial charge in [0.2, 0.25) is 0 Å². The van der Waals surface area contributed by atoms with Crippen molar-refractivity contribution in [2.45, 2.75) is 6.42 Å². The second-order valence-electron chi connectivity index (χ2n) is 2.19. The molecule has 1 radical (unpaired) electrons. The predicted octanol–water partition coefficient (Wildman–Crippen LogP) is 2.25. The lowest BCUT2D eigenvalue weighted by Gasteiger charge is -1.93. The van der Waals surface area contributed by atoms with Crippen LogP contribution in [-0.4, -0.2) is 5.78 Å². The molecule has 1 rings (SSSR count). The van der Waals surface area contributed by atoms with Crippen molar-refractivity contribution >= 4 is 5.78 Å². The van der Waals surface area contributed by atoms with Crippen molar-refractivity contribution in [3.63, 3.8) is 0 Å². The van der Waals surface area contributed by atoms with Gasteiger partial charge < -0.3 is 0 Å². The Morgan fingerprint density at radius 2 is 2.45 bits per heavy atom. The third-order valence-electron chi connectivity index (χ3n) is 1.34. The Hall–Kier alpha value is -1.37. The zero-order valence-electron chi connectivity index (χ0n) is 6.21. The van der Waals surface area contributed by atoms with Gasteiger partial charge in [-0.05, 0) is 6.07 Å². The molecule has 0 aliphatic heterocycles. The van der Waals surface area contributed by atoms with Gasteiger partial charge in [0.05, 0.1) is 0 Å². The standard InChI is InChI=1S/C10H9O/c1-2-6-10(11)9-7-4-3-5-8-9/h2-5,7H,1,6H2. The molecule has 0 amide bonds. The zero-order valence-corrected chi connectivity index (χ0v) is 6.21. The van der Waals surface area contributed by atoms with Gasteiger partial charge in [-0.3, -0.25) is 4.79 Å². The number of ketones is 1. The van der Waals surface area contributed by atoms with Crippen molar-refractivity contribution in [2.75, 3.05) is 0 Å². The summed E-state index contributed by atoms with van der Waals surface area (Å²) in [6.07, 6.45) is 1.99. The topological polar surface area (TPSA) is 17.1 Å². The van der Waals surface area contributed by atoms with Crippen molar-refractivity contribution in [1.82, 2.24) is 0 Å². The maximum absolute atomic E-state index is 11.1. The van der Waals surface area contributed by atoms with Gasteiger partial charge in [-0.1, -0.05) is 30.3 Å². The van der Waals surface area contributed by atoms with E-state index in [0.717, 1.165) is 0 Å². The molecule has 1 heteroatoms. The number of benzene rings is 1. The molecule has 11 heavy (non-hydrogen) atoms. The first-order valence-electron chi connectivity index (χ1n) is 3.45. The molecular formula is C10H9O. The number of carbonyl (C=O) groups is 1. The van der Waals surface area contributed by atoms with Crippen LogP contribution >= 0.6 is 0 Å². The summed E-state index contributed by atoms with van der Waals surface area (Å²) in [5.41, 5.74) is 0.632. The molecule has 0 aromatic heterocycles. The number of allylic oxidation sites excluding steroid dienone is 1. The molecule has 0 aliphatic rings. The third kappa shape index (κ3) is 2.04. The highest BCUT2D eigenvalue weighted by atomic mass is 16.1. The summed E-state index contributed by atoms with van der Waals surface area (Å²) >= 11 is 0. The van der Waals surface area contributed by atoms with E-state index in [1.165, 1.54) is 0 Å². The highest BCUT2D eigenvalue weighted by molar-refractivity contribution is 5.96. The Morgan fingerprint density at radius 3 is 3.00 bits per heavy atom. The minimum atomic E-state index is 0.0700. The number of rotatable bonds is 3. The summed E-state index contributed by atoms with van der Waals surface area (Å²) < 4.78 is 0. The molecule has 0 N–H and O–H groups in total. The van der Waals surface area contributed by atoms with Gasteiger partial charge in [-0.25, -0.2) is 0 Å². The monoisotopic (exact) mass is 145 g/mol. The van der Waals surface area contributed by atoms with E-state index in [4.69, 9.17) is 0 Å². The summed E-state index contributed by atoms with van der Waals surface area (Å²) in [5.74, 6) is 0.0700. The van der Waals surface area contributed by atoms with E-state index >= 15 is 0 Å². The fraction of sp³-hybridized carbons (Fsp3) is 0.100. The third-order valence-corrected chi connectivity index (χ3v) is 1.34. The van der Waals surface area contributed by atoms with Crippen molar-refractivity contribution < 1.29 is 4.79 Å². The van der Waals surface area contributed by atoms with Crippen LogP contribution in [0, 0.1) is 6.07 Å². The van der Waals surface area contributed by atoms with Crippen LogP contribution in [-0.2, 0) is 0 Å². The second kappa shape index (κ2) is 3.71. The lowest BCUT2D eigenvalue weighted by molar-refractivity contribution is 0.0995. The molecule has 0 aliphatic carbocycles. The average Bonchev–Trinajstić information content (AvgIpc) is 2.07. The zero-order chi connectivity index (χ0) is 8.10. The van der Waals surface area contributed by atoms with Gasteiger partial charge in [0, 0.05) is 12.0 Å². The smallest absolute Gasteiger partial charge is 0.167 e. The molecule has 0 atom stereocenters. The molecule has 1 aromatic rings. The van der Waals surface area contributed by atoms with Crippen molar-refractivity contribution in [1.29, 1.82) is 0 Å². The SMILES string of the molecule is C=CCC(=O)c1[c]cccc1. The van der Waals surface area contributed by atoms with Gasteiger partial charge in [0.15, 0.2) is 5.78 Å². The van der Waals surface area contributed by atoms with Crippen LogP contribution in [0.1, 0.15) is 16.8 Å². The van der Waals surface area contributed by atoms with E-state index in [9.17, 15) is 4.79 Å².